The normalized spacial score (nSPS) is 16.5. The monoisotopic (exact) mass is 353 g/mol. The smallest absolute Gasteiger partial charge is 0.335 e. The number of anilines is 1. The number of nitrogens with one attached hydrogen (secondary N) is 1. The third-order valence-corrected chi connectivity index (χ3v) is 5.52. The van der Waals surface area contributed by atoms with Gasteiger partial charge in [-0.05, 0) is 43.4 Å². The van der Waals surface area contributed by atoms with Crippen molar-refractivity contribution in [2.45, 2.75) is 44.4 Å². The summed E-state index contributed by atoms with van der Waals surface area (Å²) >= 11 is 0. The van der Waals surface area contributed by atoms with Gasteiger partial charge in [0.15, 0.2) is 9.84 Å². The molecule has 1 aliphatic rings. The molecule has 0 heterocycles. The summed E-state index contributed by atoms with van der Waals surface area (Å²) < 4.78 is 23.5. The largest absolute Gasteiger partial charge is 0.478 e. The molecular weight excluding hydrogens is 330 g/mol. The van der Waals surface area contributed by atoms with Crippen LogP contribution in [0.4, 0.5) is 5.69 Å². The van der Waals surface area contributed by atoms with Gasteiger partial charge in [-0.3, -0.25) is 4.79 Å². The first kappa shape index (κ1) is 18.4. The molecule has 7 heteroatoms. The first-order valence-electron chi connectivity index (χ1n) is 7.93. The van der Waals surface area contributed by atoms with Crippen LogP contribution in [0, 0.1) is 11.3 Å². The van der Waals surface area contributed by atoms with Crippen LogP contribution in [0.5, 0.6) is 0 Å². The third-order valence-electron chi connectivity index (χ3n) is 4.43. The van der Waals surface area contributed by atoms with E-state index >= 15 is 0 Å². The van der Waals surface area contributed by atoms with Crippen LogP contribution in [0.1, 0.15) is 49.9 Å². The average Bonchev–Trinajstić information content (AvgIpc) is 2.41. The molecule has 132 valence electrons. The second kappa shape index (κ2) is 6.55. The Kier molecular flexibility index (Phi) is 5.03. The van der Waals surface area contributed by atoms with Crippen molar-refractivity contribution in [3.63, 3.8) is 0 Å². The number of carboxylic acids is 1. The zero-order valence-electron chi connectivity index (χ0n) is 14.1. The number of amides is 1. The molecule has 1 saturated carbocycles. The summed E-state index contributed by atoms with van der Waals surface area (Å²) in [6.07, 6.45) is 4.36. The Bertz CT molecular complexity index is 763. The predicted octanol–water partition coefficient (Wildman–Crippen LogP) is 2.94. The summed E-state index contributed by atoms with van der Waals surface area (Å²) in [6.45, 7) is 4.11. The van der Waals surface area contributed by atoms with E-state index in [1.54, 1.807) is 0 Å². The number of rotatable bonds is 6. The van der Waals surface area contributed by atoms with Crippen LogP contribution in [0.2, 0.25) is 0 Å². The van der Waals surface area contributed by atoms with E-state index in [0.29, 0.717) is 5.92 Å². The topological polar surface area (TPSA) is 101 Å². The summed E-state index contributed by atoms with van der Waals surface area (Å²) in [6, 6.07) is 3.69. The van der Waals surface area contributed by atoms with Crippen molar-refractivity contribution >= 4 is 27.4 Å². The van der Waals surface area contributed by atoms with Gasteiger partial charge in [-0.2, -0.15) is 0 Å². The highest BCUT2D eigenvalue weighted by Crippen LogP contribution is 2.46. The van der Waals surface area contributed by atoms with E-state index in [-0.39, 0.29) is 22.1 Å². The molecule has 1 aromatic rings. The van der Waals surface area contributed by atoms with E-state index in [1.807, 2.05) is 0 Å². The van der Waals surface area contributed by atoms with E-state index in [1.165, 1.54) is 12.1 Å². The molecule has 0 aromatic heterocycles. The summed E-state index contributed by atoms with van der Waals surface area (Å²) in [5.74, 6) is -1.03. The molecule has 1 amide bonds. The van der Waals surface area contributed by atoms with Gasteiger partial charge >= 0.3 is 5.97 Å². The number of aromatic carboxylic acids is 1. The second-order valence-electron chi connectivity index (χ2n) is 7.01. The Morgan fingerprint density at radius 3 is 2.29 bits per heavy atom. The van der Waals surface area contributed by atoms with Crippen LogP contribution in [0.3, 0.4) is 0 Å². The van der Waals surface area contributed by atoms with Crippen molar-refractivity contribution in [1.29, 1.82) is 0 Å². The highest BCUT2D eigenvalue weighted by Gasteiger charge is 2.44. The van der Waals surface area contributed by atoms with E-state index in [2.05, 4.69) is 19.2 Å². The van der Waals surface area contributed by atoms with Gasteiger partial charge in [-0.25, -0.2) is 13.2 Å². The molecule has 2 N–H and O–H groups in total. The lowest BCUT2D eigenvalue weighted by atomic mass is 9.64. The summed E-state index contributed by atoms with van der Waals surface area (Å²) in [7, 11) is -3.58. The van der Waals surface area contributed by atoms with E-state index in [0.717, 1.165) is 38.0 Å². The lowest BCUT2D eigenvalue weighted by Crippen LogP contribution is -2.43. The molecular formula is C17H23NO5S. The summed E-state index contributed by atoms with van der Waals surface area (Å²) in [4.78, 5) is 23.8. The third kappa shape index (κ3) is 3.95. The highest BCUT2D eigenvalue weighted by molar-refractivity contribution is 7.90. The van der Waals surface area contributed by atoms with Crippen LogP contribution in [-0.2, 0) is 14.6 Å². The minimum absolute atomic E-state index is 0.121. The molecule has 0 radical (unpaired) electrons. The van der Waals surface area contributed by atoms with Crippen molar-refractivity contribution in [2.24, 2.45) is 11.3 Å². The Labute approximate surface area is 142 Å². The molecule has 0 bridgehead atoms. The van der Waals surface area contributed by atoms with Crippen molar-refractivity contribution in [1.82, 2.24) is 0 Å². The maximum atomic E-state index is 12.7. The lowest BCUT2D eigenvalue weighted by molar-refractivity contribution is -0.131. The Morgan fingerprint density at radius 1 is 1.25 bits per heavy atom. The van der Waals surface area contributed by atoms with Crippen LogP contribution in [0.15, 0.2) is 23.1 Å². The van der Waals surface area contributed by atoms with Crippen molar-refractivity contribution in [2.75, 3.05) is 11.6 Å². The molecule has 0 saturated heterocycles. The van der Waals surface area contributed by atoms with Crippen LogP contribution in [0.25, 0.3) is 0 Å². The molecule has 0 aliphatic heterocycles. The fraction of sp³-hybridized carbons (Fsp3) is 0.529. The zero-order chi connectivity index (χ0) is 18.1. The number of carboxylic acid groups (broad SMARTS) is 1. The van der Waals surface area contributed by atoms with Gasteiger partial charge in [-0.1, -0.05) is 20.3 Å². The zero-order valence-corrected chi connectivity index (χ0v) is 14.9. The SMILES string of the molecule is CC(C)CC1(C(=O)Nc2cc(C(=O)O)cc(S(C)(=O)=O)c2)CCC1. The number of benzene rings is 1. The molecule has 1 aliphatic carbocycles. The van der Waals surface area contributed by atoms with Gasteiger partial charge in [0, 0.05) is 17.4 Å². The Morgan fingerprint density at radius 2 is 1.88 bits per heavy atom. The maximum absolute atomic E-state index is 12.7. The molecule has 6 nitrogen and oxygen atoms in total. The fourth-order valence-electron chi connectivity index (χ4n) is 3.18. The molecule has 0 spiro atoms. The predicted molar refractivity (Wildman–Crippen MR) is 90.9 cm³/mol. The number of sulfone groups is 1. The molecule has 0 unspecified atom stereocenters. The first-order valence-corrected chi connectivity index (χ1v) is 9.82. The number of carbonyl (C=O) groups excluding carboxylic acids is 1. The Balaban J connectivity index is 2.33. The molecule has 24 heavy (non-hydrogen) atoms. The van der Waals surface area contributed by atoms with Crippen LogP contribution < -0.4 is 5.32 Å². The van der Waals surface area contributed by atoms with Crippen molar-refractivity contribution < 1.29 is 23.1 Å². The van der Waals surface area contributed by atoms with E-state index in [9.17, 15) is 18.0 Å². The quantitative estimate of drug-likeness (QED) is 0.819. The van der Waals surface area contributed by atoms with Crippen LogP contribution >= 0.6 is 0 Å². The molecule has 1 fully saturated rings. The first-order chi connectivity index (χ1) is 11.0. The van der Waals surface area contributed by atoms with E-state index in [4.69, 9.17) is 5.11 Å². The standard InChI is InChI=1S/C17H23NO5S/c1-11(2)10-17(5-4-6-17)16(21)18-13-7-12(15(19)20)8-14(9-13)24(3,22)23/h7-9,11H,4-6,10H2,1-3H3,(H,18,21)(H,19,20). The molecule has 0 atom stereocenters. The van der Waals surface area contributed by atoms with Gasteiger partial charge in [-0.15, -0.1) is 0 Å². The number of hydrogen-bond donors (Lipinski definition) is 2. The molecule has 2 rings (SSSR count). The van der Waals surface area contributed by atoms with Crippen LogP contribution in [-0.4, -0.2) is 31.7 Å². The summed E-state index contributed by atoms with van der Waals surface area (Å²) in [5, 5.41) is 11.9. The average molecular weight is 353 g/mol. The van der Waals surface area contributed by atoms with Crippen molar-refractivity contribution in [3.05, 3.63) is 23.8 Å². The minimum atomic E-state index is -3.58. The highest BCUT2D eigenvalue weighted by atomic mass is 32.2. The second-order valence-corrected chi connectivity index (χ2v) is 9.03. The van der Waals surface area contributed by atoms with Gasteiger partial charge in [0.2, 0.25) is 5.91 Å². The minimum Gasteiger partial charge on any atom is -0.478 e. The van der Waals surface area contributed by atoms with Gasteiger partial charge in [0.05, 0.1) is 10.5 Å². The lowest BCUT2D eigenvalue weighted by Gasteiger charge is -2.41. The van der Waals surface area contributed by atoms with Gasteiger partial charge in [0.1, 0.15) is 0 Å². The van der Waals surface area contributed by atoms with E-state index < -0.39 is 21.2 Å². The molecule has 1 aromatic carbocycles. The van der Waals surface area contributed by atoms with Gasteiger partial charge in [0.25, 0.3) is 0 Å². The number of hydrogen-bond acceptors (Lipinski definition) is 4. The fourth-order valence-corrected chi connectivity index (χ4v) is 3.86. The summed E-state index contributed by atoms with van der Waals surface area (Å²) in [5.41, 5.74) is -0.395. The number of carbonyl (C=O) groups is 2. The maximum Gasteiger partial charge on any atom is 0.335 e. The Hall–Kier alpha value is -1.89. The van der Waals surface area contributed by atoms with Crippen molar-refractivity contribution in [3.8, 4) is 0 Å². The van der Waals surface area contributed by atoms with Gasteiger partial charge < -0.3 is 10.4 Å².